The lowest BCUT2D eigenvalue weighted by Crippen LogP contribution is -2.02. The number of nitrogens with two attached hydrogens (primary N) is 1. The summed E-state index contributed by atoms with van der Waals surface area (Å²) in [5.74, 6) is 2.18. The molecule has 0 amide bonds. The van der Waals surface area contributed by atoms with Crippen LogP contribution in [0.1, 0.15) is 32.4 Å². The highest BCUT2D eigenvalue weighted by atomic mass is 16.5. The second kappa shape index (κ2) is 7.02. The fourth-order valence-electron chi connectivity index (χ4n) is 1.98. The van der Waals surface area contributed by atoms with Gasteiger partial charge < -0.3 is 15.2 Å². The number of aryl methyl sites for hydroxylation is 2. The first-order valence-electron chi connectivity index (χ1n) is 7.39. The molecule has 0 aliphatic carbocycles. The number of hydrogen-bond donors (Lipinski definition) is 1. The van der Waals surface area contributed by atoms with Gasteiger partial charge >= 0.3 is 0 Å². The molecule has 5 heteroatoms. The predicted octanol–water partition coefficient (Wildman–Crippen LogP) is 3.76. The zero-order valence-electron chi connectivity index (χ0n) is 12.9. The first kappa shape index (κ1) is 15.2. The third kappa shape index (κ3) is 3.68. The van der Waals surface area contributed by atoms with E-state index in [9.17, 15) is 0 Å². The summed E-state index contributed by atoms with van der Waals surface area (Å²) in [5.41, 5.74) is 7.43. The number of hydrogen-bond acceptors (Lipinski definition) is 4. The average molecular weight is 289 g/mol. The number of nitrogen functional groups attached to an aromatic ring is 1. The first-order valence-corrected chi connectivity index (χ1v) is 7.39. The maximum Gasteiger partial charge on any atom is 0.241 e. The summed E-state index contributed by atoms with van der Waals surface area (Å²) in [6, 6.07) is 7.55. The van der Waals surface area contributed by atoms with Crippen molar-refractivity contribution in [1.82, 2.24) is 9.78 Å². The van der Waals surface area contributed by atoms with Crippen molar-refractivity contribution in [3.8, 4) is 17.4 Å². The lowest BCUT2D eigenvalue weighted by atomic mass is 10.3. The van der Waals surface area contributed by atoms with Crippen molar-refractivity contribution in [2.24, 2.45) is 0 Å². The van der Waals surface area contributed by atoms with E-state index < -0.39 is 0 Å². The number of nitrogens with zero attached hydrogens (tertiary/aromatic N) is 2. The Labute approximate surface area is 125 Å². The molecule has 0 atom stereocenters. The summed E-state index contributed by atoms with van der Waals surface area (Å²) in [5, 5.41) is 4.40. The number of benzene rings is 1. The van der Waals surface area contributed by atoms with Crippen LogP contribution in [0.3, 0.4) is 0 Å². The maximum atomic E-state index is 6.04. The minimum atomic E-state index is 0.592. The van der Waals surface area contributed by atoms with E-state index in [4.69, 9.17) is 15.2 Å². The van der Waals surface area contributed by atoms with E-state index in [0.717, 1.165) is 43.2 Å². The number of rotatable bonds is 7. The van der Waals surface area contributed by atoms with Gasteiger partial charge in [-0.05, 0) is 44.0 Å². The van der Waals surface area contributed by atoms with Crippen molar-refractivity contribution < 1.29 is 9.47 Å². The van der Waals surface area contributed by atoms with Crippen LogP contribution in [0.5, 0.6) is 17.4 Å². The van der Waals surface area contributed by atoms with Gasteiger partial charge in [0.2, 0.25) is 5.88 Å². The second-order valence-electron chi connectivity index (χ2n) is 4.95. The van der Waals surface area contributed by atoms with E-state index in [1.807, 2.05) is 35.9 Å². The molecule has 1 heterocycles. The third-order valence-electron chi connectivity index (χ3n) is 3.07. The predicted molar refractivity (Wildman–Crippen MR) is 84.0 cm³/mol. The van der Waals surface area contributed by atoms with Gasteiger partial charge in [-0.15, -0.1) is 0 Å². The molecule has 2 aromatic rings. The highest BCUT2D eigenvalue weighted by Crippen LogP contribution is 2.31. The van der Waals surface area contributed by atoms with Gasteiger partial charge in [-0.2, -0.15) is 5.10 Å². The van der Waals surface area contributed by atoms with Gasteiger partial charge in [-0.25, -0.2) is 4.68 Å². The summed E-state index contributed by atoms with van der Waals surface area (Å²) < 4.78 is 13.3. The molecular weight excluding hydrogens is 266 g/mol. The van der Waals surface area contributed by atoms with E-state index in [0.29, 0.717) is 11.6 Å². The molecule has 2 N–H and O–H groups in total. The van der Waals surface area contributed by atoms with Crippen molar-refractivity contribution in [2.45, 2.75) is 40.2 Å². The number of aromatic nitrogens is 2. The molecule has 0 radical (unpaired) electrons. The summed E-state index contributed by atoms with van der Waals surface area (Å²) in [7, 11) is 0. The SMILES string of the molecule is CCCOc1ccc(Oc2c(N)c(C)nn2CCC)cc1. The summed E-state index contributed by atoms with van der Waals surface area (Å²) in [6.45, 7) is 7.56. The van der Waals surface area contributed by atoms with E-state index in [1.54, 1.807) is 0 Å². The Morgan fingerprint density at radius 2 is 1.76 bits per heavy atom. The van der Waals surface area contributed by atoms with Crippen LogP contribution < -0.4 is 15.2 Å². The lowest BCUT2D eigenvalue weighted by Gasteiger charge is -2.10. The molecule has 114 valence electrons. The van der Waals surface area contributed by atoms with Crippen LogP contribution in [-0.2, 0) is 6.54 Å². The van der Waals surface area contributed by atoms with Gasteiger partial charge in [0.25, 0.3) is 0 Å². The number of anilines is 1. The van der Waals surface area contributed by atoms with E-state index in [1.165, 1.54) is 0 Å². The largest absolute Gasteiger partial charge is 0.494 e. The third-order valence-corrected chi connectivity index (χ3v) is 3.07. The van der Waals surface area contributed by atoms with Crippen LogP contribution in [0.15, 0.2) is 24.3 Å². The van der Waals surface area contributed by atoms with Crippen LogP contribution >= 0.6 is 0 Å². The first-order chi connectivity index (χ1) is 10.2. The van der Waals surface area contributed by atoms with Crippen molar-refractivity contribution >= 4 is 5.69 Å². The van der Waals surface area contributed by atoms with E-state index in [-0.39, 0.29) is 0 Å². The monoisotopic (exact) mass is 289 g/mol. The summed E-state index contributed by atoms with van der Waals surface area (Å²) in [6.07, 6.45) is 1.96. The van der Waals surface area contributed by atoms with Gasteiger partial charge in [0.15, 0.2) is 0 Å². The Balaban J connectivity index is 2.14. The quantitative estimate of drug-likeness (QED) is 0.843. The van der Waals surface area contributed by atoms with Crippen LogP contribution in [0, 0.1) is 6.92 Å². The fourth-order valence-corrected chi connectivity index (χ4v) is 1.98. The summed E-state index contributed by atoms with van der Waals surface area (Å²) >= 11 is 0. The topological polar surface area (TPSA) is 62.3 Å². The van der Waals surface area contributed by atoms with Gasteiger partial charge in [-0.1, -0.05) is 13.8 Å². The average Bonchev–Trinajstić information content (AvgIpc) is 2.75. The minimum absolute atomic E-state index is 0.592. The molecule has 0 aliphatic heterocycles. The van der Waals surface area contributed by atoms with Gasteiger partial charge in [0.05, 0.1) is 12.3 Å². The summed E-state index contributed by atoms with van der Waals surface area (Å²) in [4.78, 5) is 0. The van der Waals surface area contributed by atoms with Crippen molar-refractivity contribution in [1.29, 1.82) is 0 Å². The maximum absolute atomic E-state index is 6.04. The molecule has 0 unspecified atom stereocenters. The van der Waals surface area contributed by atoms with Crippen molar-refractivity contribution in [2.75, 3.05) is 12.3 Å². The highest BCUT2D eigenvalue weighted by Gasteiger charge is 2.14. The molecule has 0 fully saturated rings. The Morgan fingerprint density at radius 3 is 2.38 bits per heavy atom. The van der Waals surface area contributed by atoms with Gasteiger partial charge in [0.1, 0.15) is 17.2 Å². The van der Waals surface area contributed by atoms with Crippen LogP contribution in [0.25, 0.3) is 0 Å². The molecule has 5 nitrogen and oxygen atoms in total. The molecule has 1 aromatic heterocycles. The molecule has 0 aliphatic rings. The molecular formula is C16H23N3O2. The Kier molecular flexibility index (Phi) is 5.09. The second-order valence-corrected chi connectivity index (χ2v) is 4.95. The molecule has 0 saturated carbocycles. The molecule has 2 rings (SSSR count). The van der Waals surface area contributed by atoms with Gasteiger partial charge in [0, 0.05) is 6.54 Å². The zero-order chi connectivity index (χ0) is 15.2. The molecule has 0 spiro atoms. The minimum Gasteiger partial charge on any atom is -0.494 e. The smallest absolute Gasteiger partial charge is 0.241 e. The molecule has 0 saturated heterocycles. The van der Waals surface area contributed by atoms with Crippen molar-refractivity contribution in [3.63, 3.8) is 0 Å². The van der Waals surface area contributed by atoms with Gasteiger partial charge in [-0.3, -0.25) is 0 Å². The van der Waals surface area contributed by atoms with E-state index in [2.05, 4.69) is 18.9 Å². The van der Waals surface area contributed by atoms with E-state index >= 15 is 0 Å². The molecule has 21 heavy (non-hydrogen) atoms. The van der Waals surface area contributed by atoms with Crippen molar-refractivity contribution in [3.05, 3.63) is 30.0 Å². The number of ether oxygens (including phenoxy) is 2. The Hall–Kier alpha value is -2.17. The van der Waals surface area contributed by atoms with Crippen LogP contribution in [-0.4, -0.2) is 16.4 Å². The molecule has 0 bridgehead atoms. The fraction of sp³-hybridized carbons (Fsp3) is 0.438. The standard InChI is InChI=1S/C16H23N3O2/c1-4-10-19-16(15(17)12(3)18-19)21-14-8-6-13(7-9-14)20-11-5-2/h6-9H,4-5,10-11,17H2,1-3H3. The Bertz CT molecular complexity index is 576. The lowest BCUT2D eigenvalue weighted by molar-refractivity contribution is 0.316. The Morgan fingerprint density at radius 1 is 1.10 bits per heavy atom. The van der Waals surface area contributed by atoms with Crippen LogP contribution in [0.2, 0.25) is 0 Å². The normalized spacial score (nSPS) is 10.6. The van der Waals surface area contributed by atoms with Crippen LogP contribution in [0.4, 0.5) is 5.69 Å². The molecule has 1 aromatic carbocycles. The highest BCUT2D eigenvalue weighted by molar-refractivity contribution is 5.54. The zero-order valence-corrected chi connectivity index (χ0v) is 12.9.